The van der Waals surface area contributed by atoms with Gasteiger partial charge in [0.2, 0.25) is 5.91 Å². The second-order valence-electron chi connectivity index (χ2n) is 8.88. The Kier molecular flexibility index (Phi) is 4.91. The third kappa shape index (κ3) is 3.20. The average Bonchev–Trinajstić information content (AvgIpc) is 3.41. The van der Waals surface area contributed by atoms with Gasteiger partial charge in [0.15, 0.2) is 5.13 Å². The lowest BCUT2D eigenvalue weighted by Crippen LogP contribution is -2.51. The Morgan fingerprint density at radius 3 is 2.79 bits per heavy atom. The highest BCUT2D eigenvalue weighted by Crippen LogP contribution is 2.44. The molecule has 0 saturated carbocycles. The molecule has 0 bridgehead atoms. The first-order valence-electron chi connectivity index (χ1n) is 11.5. The fourth-order valence-corrected chi connectivity index (χ4v) is 6.06. The number of carbonyl (C=O) groups excluding carboxylic acids is 2. The van der Waals surface area contributed by atoms with Gasteiger partial charge in [0.25, 0.3) is 5.91 Å². The normalized spacial score (nSPS) is 16.9. The molecule has 6 rings (SSSR count). The summed E-state index contributed by atoms with van der Waals surface area (Å²) >= 11 is 1.43. The molecule has 34 heavy (non-hydrogen) atoms. The Balaban J connectivity index is 1.40. The van der Waals surface area contributed by atoms with Crippen LogP contribution in [0.1, 0.15) is 39.9 Å². The van der Waals surface area contributed by atoms with Crippen LogP contribution in [0.3, 0.4) is 0 Å². The van der Waals surface area contributed by atoms with Crippen LogP contribution in [0.15, 0.2) is 53.9 Å². The molecular weight excluding hydrogens is 446 g/mol. The minimum atomic E-state index is -0.205. The van der Waals surface area contributed by atoms with Crippen molar-refractivity contribution in [3.05, 3.63) is 76.4 Å². The van der Waals surface area contributed by atoms with E-state index in [0.717, 1.165) is 34.6 Å². The van der Waals surface area contributed by atoms with E-state index in [4.69, 9.17) is 0 Å². The lowest BCUT2D eigenvalue weighted by molar-refractivity contribution is -0.116. The monoisotopic (exact) mass is 471 g/mol. The topological polar surface area (TPSA) is 70.5 Å². The maximum Gasteiger partial charge on any atom is 0.257 e. The number of aromatic nitrogens is 2. The fraction of sp³-hybridized carbons (Fsp3) is 0.269. The SMILES string of the molecule is Cc1csc(NC(=O)CCn2c3c(c4ccccc42)CCN2C(=O)c4ccccc4N(C)[C@@H]32)n1. The molecule has 0 fully saturated rings. The highest BCUT2D eigenvalue weighted by atomic mass is 32.1. The van der Waals surface area contributed by atoms with Crippen LogP contribution >= 0.6 is 11.3 Å². The molecule has 1 N–H and O–H groups in total. The van der Waals surface area contributed by atoms with E-state index in [1.165, 1.54) is 22.3 Å². The first-order valence-corrected chi connectivity index (χ1v) is 12.4. The number of fused-ring (bicyclic) bond motifs is 6. The van der Waals surface area contributed by atoms with Crippen molar-refractivity contribution in [1.29, 1.82) is 0 Å². The van der Waals surface area contributed by atoms with Crippen LogP contribution in [0.4, 0.5) is 10.8 Å². The summed E-state index contributed by atoms with van der Waals surface area (Å²) in [4.78, 5) is 34.7. The van der Waals surface area contributed by atoms with Gasteiger partial charge in [-0.3, -0.25) is 9.59 Å². The first-order chi connectivity index (χ1) is 16.5. The molecule has 2 aromatic carbocycles. The van der Waals surface area contributed by atoms with E-state index >= 15 is 0 Å². The number of aryl methyl sites for hydroxylation is 2. The van der Waals surface area contributed by atoms with E-state index in [9.17, 15) is 9.59 Å². The number of thiazole rings is 1. The first kappa shape index (κ1) is 20.9. The van der Waals surface area contributed by atoms with Crippen LogP contribution in [0.25, 0.3) is 10.9 Å². The molecule has 7 nitrogen and oxygen atoms in total. The van der Waals surface area contributed by atoms with Gasteiger partial charge in [-0.05, 0) is 37.1 Å². The number of hydrogen-bond donors (Lipinski definition) is 1. The average molecular weight is 472 g/mol. The van der Waals surface area contributed by atoms with Crippen LogP contribution < -0.4 is 10.2 Å². The number of nitrogens with one attached hydrogen (secondary N) is 1. The van der Waals surface area contributed by atoms with Crippen molar-refractivity contribution in [3.63, 3.8) is 0 Å². The maximum absolute atomic E-state index is 13.4. The molecular formula is C26H25N5O2S. The van der Waals surface area contributed by atoms with Crippen molar-refractivity contribution >= 4 is 44.9 Å². The lowest BCUT2D eigenvalue weighted by atomic mass is 9.96. The van der Waals surface area contributed by atoms with E-state index < -0.39 is 0 Å². The van der Waals surface area contributed by atoms with Gasteiger partial charge in [-0.2, -0.15) is 0 Å². The van der Waals surface area contributed by atoms with E-state index in [1.807, 2.05) is 47.5 Å². The highest BCUT2D eigenvalue weighted by Gasteiger charge is 2.42. The van der Waals surface area contributed by atoms with Crippen LogP contribution in [0, 0.1) is 6.92 Å². The summed E-state index contributed by atoms with van der Waals surface area (Å²) in [5.74, 6) is 0.00464. The quantitative estimate of drug-likeness (QED) is 0.473. The van der Waals surface area contributed by atoms with Gasteiger partial charge in [0.1, 0.15) is 6.17 Å². The molecule has 8 heteroatoms. The fourth-order valence-electron chi connectivity index (χ4n) is 5.36. The number of hydrogen-bond acceptors (Lipinski definition) is 5. The number of para-hydroxylation sites is 2. The summed E-state index contributed by atoms with van der Waals surface area (Å²) in [6.07, 6.45) is 0.916. The Bertz CT molecular complexity index is 1440. The largest absolute Gasteiger partial charge is 0.349 e. The number of rotatable bonds is 4. The molecule has 0 spiro atoms. The van der Waals surface area contributed by atoms with Crippen molar-refractivity contribution in [2.45, 2.75) is 32.5 Å². The molecule has 1 atom stereocenters. The zero-order valence-corrected chi connectivity index (χ0v) is 19.9. The second-order valence-corrected chi connectivity index (χ2v) is 9.73. The third-order valence-corrected chi connectivity index (χ3v) is 7.71. The maximum atomic E-state index is 13.4. The van der Waals surface area contributed by atoms with Crippen molar-refractivity contribution in [3.8, 4) is 0 Å². The Labute approximate surface area is 201 Å². The lowest BCUT2D eigenvalue weighted by Gasteiger charge is -2.46. The van der Waals surface area contributed by atoms with Crippen molar-refractivity contribution < 1.29 is 9.59 Å². The van der Waals surface area contributed by atoms with Gasteiger partial charge in [-0.1, -0.05) is 30.3 Å². The number of nitrogens with zero attached hydrogens (tertiary/aromatic N) is 4. The van der Waals surface area contributed by atoms with E-state index in [0.29, 0.717) is 24.6 Å². The van der Waals surface area contributed by atoms with E-state index in [-0.39, 0.29) is 18.0 Å². The number of benzene rings is 2. The summed E-state index contributed by atoms with van der Waals surface area (Å²) in [5, 5.41) is 6.67. The molecule has 4 aromatic rings. The van der Waals surface area contributed by atoms with Crippen LogP contribution in [0.5, 0.6) is 0 Å². The van der Waals surface area contributed by atoms with Gasteiger partial charge >= 0.3 is 0 Å². The second kappa shape index (κ2) is 7.99. The molecule has 0 saturated heterocycles. The van der Waals surface area contributed by atoms with Gasteiger partial charge in [0, 0.05) is 42.8 Å². The summed E-state index contributed by atoms with van der Waals surface area (Å²) in [6.45, 7) is 3.11. The molecule has 2 aromatic heterocycles. The predicted molar refractivity (Wildman–Crippen MR) is 134 cm³/mol. The van der Waals surface area contributed by atoms with Gasteiger partial charge in [-0.25, -0.2) is 4.98 Å². The summed E-state index contributed by atoms with van der Waals surface area (Å²) in [5.41, 5.74) is 6.06. The minimum Gasteiger partial charge on any atom is -0.349 e. The number of carbonyl (C=O) groups is 2. The summed E-state index contributed by atoms with van der Waals surface area (Å²) < 4.78 is 2.24. The minimum absolute atomic E-state index is 0.0630. The Hall–Kier alpha value is -3.65. The third-order valence-electron chi connectivity index (χ3n) is 6.83. The zero-order valence-electron chi connectivity index (χ0n) is 19.1. The molecule has 2 aliphatic rings. The summed E-state index contributed by atoms with van der Waals surface area (Å²) in [6, 6.07) is 16.2. The highest BCUT2D eigenvalue weighted by molar-refractivity contribution is 7.13. The van der Waals surface area contributed by atoms with Crippen LogP contribution in [-0.2, 0) is 17.8 Å². The summed E-state index contributed by atoms with van der Waals surface area (Å²) in [7, 11) is 2.05. The van der Waals surface area contributed by atoms with Crippen molar-refractivity contribution in [2.24, 2.45) is 0 Å². The molecule has 0 unspecified atom stereocenters. The molecule has 0 radical (unpaired) electrons. The van der Waals surface area contributed by atoms with E-state index in [2.05, 4.69) is 45.0 Å². The van der Waals surface area contributed by atoms with Crippen LogP contribution in [-0.4, -0.2) is 39.9 Å². The molecule has 4 heterocycles. The number of amides is 2. The van der Waals surface area contributed by atoms with Crippen LogP contribution in [0.2, 0.25) is 0 Å². The smallest absolute Gasteiger partial charge is 0.257 e. The van der Waals surface area contributed by atoms with Gasteiger partial charge in [-0.15, -0.1) is 11.3 Å². The van der Waals surface area contributed by atoms with E-state index in [1.54, 1.807) is 0 Å². The standard InChI is InChI=1S/C26H25N5O2S/c1-16-15-34-26(27-16)28-22(32)12-14-30-21-10-6-3-7-17(21)18-11-13-31-24(23(18)30)29(2)20-9-5-4-8-19(20)25(31)33/h3-10,15,24H,11-14H2,1-2H3,(H,27,28,32)/t24-/m1/s1. The van der Waals surface area contributed by atoms with Gasteiger partial charge in [0.05, 0.1) is 22.6 Å². The predicted octanol–water partition coefficient (Wildman–Crippen LogP) is 4.58. The Morgan fingerprint density at radius 2 is 1.97 bits per heavy atom. The van der Waals surface area contributed by atoms with Gasteiger partial charge < -0.3 is 19.7 Å². The molecule has 0 aliphatic carbocycles. The molecule has 2 amide bonds. The molecule has 2 aliphatic heterocycles. The van der Waals surface area contributed by atoms with Crippen molar-refractivity contribution in [2.75, 3.05) is 23.8 Å². The zero-order chi connectivity index (χ0) is 23.4. The Morgan fingerprint density at radius 1 is 1.18 bits per heavy atom. The van der Waals surface area contributed by atoms with Crippen molar-refractivity contribution in [1.82, 2.24) is 14.5 Å². The number of anilines is 2. The molecule has 172 valence electrons.